The number of hydrogen-bond acceptors (Lipinski definition) is 3. The lowest BCUT2D eigenvalue weighted by atomic mass is 10.1. The molecule has 1 atom stereocenters. The van der Waals surface area contributed by atoms with Gasteiger partial charge in [-0.3, -0.25) is 4.68 Å². The highest BCUT2D eigenvalue weighted by Crippen LogP contribution is 2.36. The van der Waals surface area contributed by atoms with Crippen LogP contribution in [0.3, 0.4) is 0 Å². The molecule has 2 aromatic heterocycles. The molecule has 0 aliphatic carbocycles. The lowest BCUT2D eigenvalue weighted by Gasteiger charge is -2.14. The number of hydrogen-bond donors (Lipinski definition) is 1. The molecule has 98 valence electrons. The molecule has 0 saturated carbocycles. The minimum absolute atomic E-state index is 0.317. The van der Waals surface area contributed by atoms with Gasteiger partial charge in [-0.25, -0.2) is 0 Å². The molecule has 0 aromatic carbocycles. The van der Waals surface area contributed by atoms with Crippen LogP contribution in [0.2, 0.25) is 0 Å². The first-order chi connectivity index (χ1) is 8.60. The molecule has 6 heteroatoms. The Morgan fingerprint density at radius 2 is 2.28 bits per heavy atom. The quantitative estimate of drug-likeness (QED) is 0.836. The van der Waals surface area contributed by atoms with Crippen molar-refractivity contribution in [2.75, 3.05) is 6.54 Å². The third-order valence-corrected chi connectivity index (χ3v) is 6.01. The number of rotatable bonds is 5. The summed E-state index contributed by atoms with van der Waals surface area (Å²) in [6.07, 6.45) is 2.90. The van der Waals surface area contributed by atoms with E-state index in [0.717, 1.165) is 26.9 Å². The molecule has 0 spiro atoms. The number of aromatic nitrogens is 2. The summed E-state index contributed by atoms with van der Waals surface area (Å²) in [5, 5.41) is 7.96. The highest BCUT2D eigenvalue weighted by atomic mass is 79.9. The maximum absolute atomic E-state index is 4.45. The molecule has 18 heavy (non-hydrogen) atoms. The van der Waals surface area contributed by atoms with Gasteiger partial charge >= 0.3 is 0 Å². The second-order valence-electron chi connectivity index (χ2n) is 4.07. The Hall–Kier alpha value is -0.170. The number of halogens is 2. The Morgan fingerprint density at radius 3 is 2.78 bits per heavy atom. The molecule has 0 radical (unpaired) electrons. The minimum Gasteiger partial charge on any atom is -0.309 e. The lowest BCUT2D eigenvalue weighted by molar-refractivity contribution is 0.547. The number of likely N-dealkylation sites (N-methyl/N-ethyl adjacent to an activating group) is 1. The van der Waals surface area contributed by atoms with Gasteiger partial charge < -0.3 is 5.32 Å². The van der Waals surface area contributed by atoms with Crippen molar-refractivity contribution in [3.63, 3.8) is 0 Å². The second kappa shape index (κ2) is 6.32. The van der Waals surface area contributed by atoms with Gasteiger partial charge in [0.2, 0.25) is 0 Å². The van der Waals surface area contributed by atoms with Crippen LogP contribution in [-0.4, -0.2) is 16.3 Å². The number of nitrogens with zero attached hydrogens (tertiary/aromatic N) is 2. The van der Waals surface area contributed by atoms with Gasteiger partial charge in [0.05, 0.1) is 9.48 Å². The molecule has 0 aliphatic heterocycles. The molecule has 2 heterocycles. The van der Waals surface area contributed by atoms with Gasteiger partial charge in [-0.1, -0.05) is 6.92 Å². The molecule has 3 nitrogen and oxygen atoms in total. The normalized spacial score (nSPS) is 12.9. The lowest BCUT2D eigenvalue weighted by Crippen LogP contribution is -2.22. The fourth-order valence-corrected chi connectivity index (χ4v) is 4.00. The predicted octanol–water partition coefficient (Wildman–Crippen LogP) is 3.90. The number of thiophene rings is 1. The van der Waals surface area contributed by atoms with E-state index in [1.165, 1.54) is 4.88 Å². The highest BCUT2D eigenvalue weighted by Gasteiger charge is 2.16. The number of nitrogens with one attached hydrogen (secondary N) is 1. The zero-order chi connectivity index (χ0) is 13.1. The van der Waals surface area contributed by atoms with Crippen LogP contribution in [0, 0.1) is 0 Å². The van der Waals surface area contributed by atoms with E-state index in [-0.39, 0.29) is 0 Å². The van der Waals surface area contributed by atoms with Crippen LogP contribution in [0.4, 0.5) is 0 Å². The fraction of sp³-hybridized carbons (Fsp3) is 0.417. The van der Waals surface area contributed by atoms with Gasteiger partial charge in [-0.05, 0) is 50.5 Å². The topological polar surface area (TPSA) is 29.9 Å². The van der Waals surface area contributed by atoms with Crippen molar-refractivity contribution in [3.8, 4) is 0 Å². The minimum atomic E-state index is 0.317. The first kappa shape index (κ1) is 14.2. The summed E-state index contributed by atoms with van der Waals surface area (Å²) in [5.74, 6) is 0. The summed E-state index contributed by atoms with van der Waals surface area (Å²) in [5.41, 5.74) is 1.11. The Balaban J connectivity index is 2.17. The van der Waals surface area contributed by atoms with Crippen molar-refractivity contribution in [1.82, 2.24) is 15.1 Å². The van der Waals surface area contributed by atoms with Crippen molar-refractivity contribution >= 4 is 43.2 Å². The first-order valence-electron chi connectivity index (χ1n) is 5.76. The third-order valence-electron chi connectivity index (χ3n) is 2.64. The van der Waals surface area contributed by atoms with Crippen LogP contribution >= 0.6 is 43.2 Å². The molecule has 2 rings (SSSR count). The van der Waals surface area contributed by atoms with Gasteiger partial charge in [0.25, 0.3) is 0 Å². The average molecular weight is 393 g/mol. The van der Waals surface area contributed by atoms with E-state index < -0.39 is 0 Å². The molecule has 0 saturated heterocycles. The SMILES string of the molecule is CCNC(Cc1ccn(C)n1)c1cc(Br)c(Br)s1. The van der Waals surface area contributed by atoms with E-state index in [1.54, 1.807) is 11.3 Å². The molecule has 0 bridgehead atoms. The van der Waals surface area contributed by atoms with Gasteiger partial charge in [-0.2, -0.15) is 5.10 Å². The van der Waals surface area contributed by atoms with Gasteiger partial charge in [0.15, 0.2) is 0 Å². The van der Waals surface area contributed by atoms with Crippen LogP contribution in [0.5, 0.6) is 0 Å². The summed E-state index contributed by atoms with van der Waals surface area (Å²) in [7, 11) is 1.95. The molecule has 0 amide bonds. The second-order valence-corrected chi connectivity index (χ2v) is 7.32. The Bertz CT molecular complexity index is 502. The van der Waals surface area contributed by atoms with Crippen LogP contribution in [0.1, 0.15) is 23.5 Å². The Labute approximate surface area is 128 Å². The van der Waals surface area contributed by atoms with E-state index in [4.69, 9.17) is 0 Å². The molecule has 1 unspecified atom stereocenters. The van der Waals surface area contributed by atoms with Crippen LogP contribution in [0.15, 0.2) is 26.6 Å². The van der Waals surface area contributed by atoms with Crippen molar-refractivity contribution in [2.45, 2.75) is 19.4 Å². The highest BCUT2D eigenvalue weighted by molar-refractivity contribution is 9.13. The summed E-state index contributed by atoms with van der Waals surface area (Å²) in [6, 6.07) is 4.56. The van der Waals surface area contributed by atoms with E-state index in [1.807, 2.05) is 17.9 Å². The van der Waals surface area contributed by atoms with Gasteiger partial charge in [0.1, 0.15) is 0 Å². The van der Waals surface area contributed by atoms with E-state index >= 15 is 0 Å². The zero-order valence-electron chi connectivity index (χ0n) is 10.3. The molecule has 0 aliphatic rings. The third kappa shape index (κ3) is 3.44. The van der Waals surface area contributed by atoms with E-state index in [0.29, 0.717) is 6.04 Å². The molecular weight excluding hydrogens is 378 g/mol. The molecule has 2 aromatic rings. The summed E-state index contributed by atoms with van der Waals surface area (Å²) < 4.78 is 4.10. The Morgan fingerprint density at radius 1 is 1.50 bits per heavy atom. The van der Waals surface area contributed by atoms with Gasteiger partial charge in [0, 0.05) is 35.1 Å². The van der Waals surface area contributed by atoms with E-state index in [2.05, 4.69) is 61.3 Å². The standard InChI is InChI=1S/C12H15Br2N3S/c1-3-15-10(6-8-4-5-17(2)16-8)11-7-9(13)12(14)18-11/h4-5,7,10,15H,3,6H2,1-2H3. The number of aryl methyl sites for hydroxylation is 1. The van der Waals surface area contributed by atoms with Gasteiger partial charge in [-0.15, -0.1) is 11.3 Å². The van der Waals surface area contributed by atoms with Crippen molar-refractivity contribution in [3.05, 3.63) is 37.2 Å². The smallest absolute Gasteiger partial charge is 0.0843 e. The van der Waals surface area contributed by atoms with Crippen LogP contribution < -0.4 is 5.32 Å². The van der Waals surface area contributed by atoms with Crippen LogP contribution in [-0.2, 0) is 13.5 Å². The predicted molar refractivity (Wildman–Crippen MR) is 83.0 cm³/mol. The molecule has 0 fully saturated rings. The van der Waals surface area contributed by atoms with Crippen molar-refractivity contribution < 1.29 is 0 Å². The molecular formula is C12H15Br2N3S. The van der Waals surface area contributed by atoms with Crippen LogP contribution in [0.25, 0.3) is 0 Å². The zero-order valence-corrected chi connectivity index (χ0v) is 14.3. The maximum atomic E-state index is 4.45. The summed E-state index contributed by atoms with van der Waals surface area (Å²) >= 11 is 8.85. The summed E-state index contributed by atoms with van der Waals surface area (Å²) in [6.45, 7) is 3.08. The Kier molecular flexibility index (Phi) is 5.00. The fourth-order valence-electron chi connectivity index (χ4n) is 1.84. The summed E-state index contributed by atoms with van der Waals surface area (Å²) in [4.78, 5) is 1.32. The molecule has 1 N–H and O–H groups in total. The monoisotopic (exact) mass is 391 g/mol. The van der Waals surface area contributed by atoms with Crippen molar-refractivity contribution in [1.29, 1.82) is 0 Å². The largest absolute Gasteiger partial charge is 0.309 e. The first-order valence-corrected chi connectivity index (χ1v) is 8.17. The van der Waals surface area contributed by atoms with Crippen molar-refractivity contribution in [2.24, 2.45) is 7.05 Å². The maximum Gasteiger partial charge on any atom is 0.0843 e. The van der Waals surface area contributed by atoms with E-state index in [9.17, 15) is 0 Å². The average Bonchev–Trinajstić information content (AvgIpc) is 2.86.